The van der Waals surface area contributed by atoms with Gasteiger partial charge in [-0.05, 0) is 18.9 Å². The first-order chi connectivity index (χ1) is 7.74. The normalized spacial score (nSPS) is 10.8. The van der Waals surface area contributed by atoms with E-state index < -0.39 is 0 Å². The van der Waals surface area contributed by atoms with Gasteiger partial charge in [-0.25, -0.2) is 0 Å². The molecule has 2 N–H and O–H groups in total. The maximum absolute atomic E-state index is 11.3. The Kier molecular flexibility index (Phi) is 10.5. The first kappa shape index (κ1) is 15.4. The lowest BCUT2D eigenvalue weighted by Gasteiger charge is -2.13. The Morgan fingerprint density at radius 1 is 1.31 bits per heavy atom. The number of hydrogen-bond acceptors (Lipinski definition) is 3. The smallest absolute Gasteiger partial charge is 0.233 e. The molecule has 0 saturated heterocycles. The lowest BCUT2D eigenvalue weighted by molar-refractivity contribution is -0.120. The minimum Gasteiger partial charge on any atom is -0.385 e. The second-order valence-corrected chi connectivity index (χ2v) is 4.01. The highest BCUT2D eigenvalue weighted by Gasteiger charge is 2.04. The third-order valence-corrected chi connectivity index (χ3v) is 2.72. The van der Waals surface area contributed by atoms with E-state index in [2.05, 4.69) is 24.5 Å². The fourth-order valence-corrected chi connectivity index (χ4v) is 1.47. The van der Waals surface area contributed by atoms with Gasteiger partial charge in [-0.3, -0.25) is 4.79 Å². The van der Waals surface area contributed by atoms with Crippen molar-refractivity contribution < 1.29 is 9.53 Å². The fourth-order valence-electron chi connectivity index (χ4n) is 1.47. The maximum atomic E-state index is 11.3. The van der Waals surface area contributed by atoms with Crippen molar-refractivity contribution in [3.63, 3.8) is 0 Å². The predicted molar refractivity (Wildman–Crippen MR) is 66.4 cm³/mol. The van der Waals surface area contributed by atoms with Crippen LogP contribution >= 0.6 is 0 Å². The summed E-state index contributed by atoms with van der Waals surface area (Å²) >= 11 is 0. The van der Waals surface area contributed by atoms with E-state index in [1.54, 1.807) is 7.11 Å². The third kappa shape index (κ3) is 8.68. The fraction of sp³-hybridized carbons (Fsp3) is 0.917. The molecular weight excluding hydrogens is 204 g/mol. The Labute approximate surface area is 99.1 Å². The number of hydrogen-bond donors (Lipinski definition) is 2. The third-order valence-electron chi connectivity index (χ3n) is 2.72. The van der Waals surface area contributed by atoms with E-state index in [9.17, 15) is 4.79 Å². The molecule has 0 spiro atoms. The Morgan fingerprint density at radius 2 is 2.00 bits per heavy atom. The van der Waals surface area contributed by atoms with Crippen molar-refractivity contribution in [2.24, 2.45) is 5.92 Å². The maximum Gasteiger partial charge on any atom is 0.233 e. The molecule has 0 heterocycles. The molecular formula is C12H26N2O2. The summed E-state index contributed by atoms with van der Waals surface area (Å²) in [5.74, 6) is 0.753. The highest BCUT2D eigenvalue weighted by Crippen LogP contribution is 2.04. The molecule has 16 heavy (non-hydrogen) atoms. The van der Waals surface area contributed by atoms with Crippen molar-refractivity contribution in [3.8, 4) is 0 Å². The van der Waals surface area contributed by atoms with Crippen LogP contribution in [0.3, 0.4) is 0 Å². The van der Waals surface area contributed by atoms with Gasteiger partial charge in [0.15, 0.2) is 0 Å². The molecule has 0 radical (unpaired) electrons. The van der Waals surface area contributed by atoms with Crippen LogP contribution in [0.15, 0.2) is 0 Å². The Bertz CT molecular complexity index is 170. The van der Waals surface area contributed by atoms with Crippen molar-refractivity contribution in [2.75, 3.05) is 33.4 Å². The molecule has 0 aliphatic carbocycles. The van der Waals surface area contributed by atoms with E-state index in [4.69, 9.17) is 4.74 Å². The van der Waals surface area contributed by atoms with Crippen LogP contribution in [0, 0.1) is 5.92 Å². The van der Waals surface area contributed by atoms with E-state index in [-0.39, 0.29) is 5.91 Å². The number of amides is 1. The Balaban J connectivity index is 3.36. The van der Waals surface area contributed by atoms with Crippen LogP contribution in [0.5, 0.6) is 0 Å². The largest absolute Gasteiger partial charge is 0.385 e. The highest BCUT2D eigenvalue weighted by atomic mass is 16.5. The summed E-state index contributed by atoms with van der Waals surface area (Å²) in [6, 6.07) is 0. The standard InChI is InChI=1S/C12H26N2O2/c1-4-11(5-2)9-13-10-12(15)14-7-6-8-16-3/h11,13H,4-10H2,1-3H3,(H,14,15). The number of carbonyl (C=O) groups is 1. The molecule has 4 nitrogen and oxygen atoms in total. The lowest BCUT2D eigenvalue weighted by Crippen LogP contribution is -2.36. The molecule has 0 aromatic rings. The molecule has 0 bridgehead atoms. The van der Waals surface area contributed by atoms with Gasteiger partial charge in [0, 0.05) is 20.3 Å². The average Bonchev–Trinajstić information content (AvgIpc) is 2.30. The summed E-state index contributed by atoms with van der Waals surface area (Å²) in [5.41, 5.74) is 0. The van der Waals surface area contributed by atoms with Gasteiger partial charge < -0.3 is 15.4 Å². The number of methoxy groups -OCH3 is 1. The van der Waals surface area contributed by atoms with E-state index in [0.29, 0.717) is 25.6 Å². The number of ether oxygens (including phenoxy) is 1. The van der Waals surface area contributed by atoms with Crippen LogP contribution in [0.1, 0.15) is 33.1 Å². The topological polar surface area (TPSA) is 50.4 Å². The van der Waals surface area contributed by atoms with Gasteiger partial charge in [-0.1, -0.05) is 26.7 Å². The summed E-state index contributed by atoms with van der Waals surface area (Å²) in [4.78, 5) is 11.3. The van der Waals surface area contributed by atoms with Crippen molar-refractivity contribution in [1.29, 1.82) is 0 Å². The zero-order valence-corrected chi connectivity index (χ0v) is 10.8. The zero-order chi connectivity index (χ0) is 12.2. The molecule has 0 saturated carbocycles. The van der Waals surface area contributed by atoms with Crippen LogP contribution in [0.2, 0.25) is 0 Å². The SMILES string of the molecule is CCC(CC)CNCC(=O)NCCCOC. The molecule has 96 valence electrons. The van der Waals surface area contributed by atoms with Crippen molar-refractivity contribution in [1.82, 2.24) is 10.6 Å². The molecule has 1 amide bonds. The van der Waals surface area contributed by atoms with Gasteiger partial charge in [0.05, 0.1) is 6.54 Å². The van der Waals surface area contributed by atoms with Crippen LogP contribution in [0.25, 0.3) is 0 Å². The molecule has 0 rings (SSSR count). The molecule has 0 unspecified atom stereocenters. The van der Waals surface area contributed by atoms with Gasteiger partial charge >= 0.3 is 0 Å². The quantitative estimate of drug-likeness (QED) is 0.554. The van der Waals surface area contributed by atoms with Gasteiger partial charge in [-0.2, -0.15) is 0 Å². The van der Waals surface area contributed by atoms with Crippen LogP contribution < -0.4 is 10.6 Å². The average molecular weight is 230 g/mol. The van der Waals surface area contributed by atoms with Crippen molar-refractivity contribution in [3.05, 3.63) is 0 Å². The summed E-state index contributed by atoms with van der Waals surface area (Å²) in [5, 5.41) is 6.03. The van der Waals surface area contributed by atoms with Gasteiger partial charge in [0.25, 0.3) is 0 Å². The molecule has 0 fully saturated rings. The number of rotatable bonds is 10. The summed E-state index contributed by atoms with van der Waals surface area (Å²) < 4.78 is 4.90. The molecule has 0 aliphatic rings. The van der Waals surface area contributed by atoms with Crippen LogP contribution in [-0.4, -0.2) is 39.3 Å². The molecule has 0 atom stereocenters. The summed E-state index contributed by atoms with van der Waals surface area (Å²) in [6.45, 7) is 7.10. The van der Waals surface area contributed by atoms with Crippen LogP contribution in [-0.2, 0) is 9.53 Å². The van der Waals surface area contributed by atoms with Gasteiger partial charge in [0.2, 0.25) is 5.91 Å². The van der Waals surface area contributed by atoms with E-state index in [1.165, 1.54) is 12.8 Å². The minimum absolute atomic E-state index is 0.0714. The number of nitrogens with one attached hydrogen (secondary N) is 2. The minimum atomic E-state index is 0.0714. The summed E-state index contributed by atoms with van der Waals surface area (Å²) in [6.07, 6.45) is 3.20. The second kappa shape index (κ2) is 10.9. The first-order valence-electron chi connectivity index (χ1n) is 6.20. The first-order valence-corrected chi connectivity index (χ1v) is 6.20. The monoisotopic (exact) mass is 230 g/mol. The van der Waals surface area contributed by atoms with E-state index in [1.807, 2.05) is 0 Å². The molecule has 0 aromatic carbocycles. The van der Waals surface area contributed by atoms with Crippen LogP contribution in [0.4, 0.5) is 0 Å². The van der Waals surface area contributed by atoms with E-state index in [0.717, 1.165) is 13.0 Å². The van der Waals surface area contributed by atoms with Crippen molar-refractivity contribution in [2.45, 2.75) is 33.1 Å². The Morgan fingerprint density at radius 3 is 2.56 bits per heavy atom. The van der Waals surface area contributed by atoms with Gasteiger partial charge in [0.1, 0.15) is 0 Å². The second-order valence-electron chi connectivity index (χ2n) is 4.01. The Hall–Kier alpha value is -0.610. The zero-order valence-electron chi connectivity index (χ0n) is 10.8. The molecule has 0 aromatic heterocycles. The molecule has 4 heteroatoms. The highest BCUT2D eigenvalue weighted by molar-refractivity contribution is 5.77. The molecule has 0 aliphatic heterocycles. The van der Waals surface area contributed by atoms with E-state index >= 15 is 0 Å². The number of carbonyl (C=O) groups excluding carboxylic acids is 1. The predicted octanol–water partition coefficient (Wildman–Crippen LogP) is 1.16. The van der Waals surface area contributed by atoms with Crippen molar-refractivity contribution >= 4 is 5.91 Å². The summed E-state index contributed by atoms with van der Waals surface area (Å²) in [7, 11) is 1.67. The van der Waals surface area contributed by atoms with Gasteiger partial charge in [-0.15, -0.1) is 0 Å². The lowest BCUT2D eigenvalue weighted by atomic mass is 10.0.